The molecule has 0 bridgehead atoms. The molecule has 0 unspecified atom stereocenters. The molecule has 0 fully saturated rings. The first kappa shape index (κ1) is 16.1. The summed E-state index contributed by atoms with van der Waals surface area (Å²) in [6.45, 7) is 5.70. The highest BCUT2D eigenvalue weighted by atomic mass is 35.5. The minimum absolute atomic E-state index is 0.0565. The number of hydrogen-bond acceptors (Lipinski definition) is 3. The Hall–Kier alpha value is -2.27. The lowest BCUT2D eigenvalue weighted by atomic mass is 10.2. The van der Waals surface area contributed by atoms with Gasteiger partial charge in [-0.1, -0.05) is 17.7 Å². The number of carbonyl (C=O) groups excluding carboxylic acids is 1. The monoisotopic (exact) mass is 319 g/mol. The Kier molecular flexibility index (Phi) is 4.88. The van der Waals surface area contributed by atoms with Gasteiger partial charge >= 0.3 is 0 Å². The summed E-state index contributed by atoms with van der Waals surface area (Å²) < 4.78 is 0. The fraction of sp³-hybridized carbons (Fsp3) is 0.250. The molecule has 22 heavy (non-hydrogen) atoms. The zero-order valence-electron chi connectivity index (χ0n) is 12.7. The maximum absolute atomic E-state index is 12.3. The van der Waals surface area contributed by atoms with Crippen molar-refractivity contribution in [3.8, 4) is 0 Å². The third-order valence-electron chi connectivity index (χ3n) is 2.99. The van der Waals surface area contributed by atoms with Crippen LogP contribution in [-0.2, 0) is 0 Å². The second kappa shape index (κ2) is 6.66. The number of aromatic nitrogens is 1. The smallest absolute Gasteiger partial charge is 0.261 e. The number of aromatic amines is 1. The number of aryl methyl sites for hydroxylation is 1. The average molecular weight is 320 g/mol. The SMILES string of the molecule is Cc1ccc(C(=O)Nc2cccc(Cl)c2NC(C)C)c(=O)[nH]1. The van der Waals surface area contributed by atoms with Crippen molar-refractivity contribution in [2.24, 2.45) is 0 Å². The lowest BCUT2D eigenvalue weighted by molar-refractivity contribution is 0.102. The van der Waals surface area contributed by atoms with Crippen LogP contribution in [0.5, 0.6) is 0 Å². The van der Waals surface area contributed by atoms with E-state index in [4.69, 9.17) is 11.6 Å². The first-order valence-electron chi connectivity index (χ1n) is 6.95. The molecule has 0 atom stereocenters. The van der Waals surface area contributed by atoms with E-state index in [9.17, 15) is 9.59 Å². The number of halogens is 1. The van der Waals surface area contributed by atoms with Crippen LogP contribution in [0.3, 0.4) is 0 Å². The van der Waals surface area contributed by atoms with Gasteiger partial charge in [-0.15, -0.1) is 0 Å². The maximum Gasteiger partial charge on any atom is 0.261 e. The summed E-state index contributed by atoms with van der Waals surface area (Å²) >= 11 is 6.17. The molecule has 1 aromatic heterocycles. The summed E-state index contributed by atoms with van der Waals surface area (Å²) in [6.07, 6.45) is 0. The van der Waals surface area contributed by atoms with Crippen LogP contribution in [-0.4, -0.2) is 16.9 Å². The van der Waals surface area contributed by atoms with Crippen LogP contribution in [0.1, 0.15) is 29.9 Å². The van der Waals surface area contributed by atoms with Gasteiger partial charge in [0.15, 0.2) is 0 Å². The van der Waals surface area contributed by atoms with Crippen LogP contribution < -0.4 is 16.2 Å². The molecule has 0 aliphatic heterocycles. The molecule has 0 aliphatic carbocycles. The summed E-state index contributed by atoms with van der Waals surface area (Å²) in [5.74, 6) is -0.477. The van der Waals surface area contributed by atoms with E-state index in [2.05, 4.69) is 15.6 Å². The van der Waals surface area contributed by atoms with Gasteiger partial charge in [-0.05, 0) is 45.0 Å². The quantitative estimate of drug-likeness (QED) is 0.808. The summed E-state index contributed by atoms with van der Waals surface area (Å²) in [5.41, 5.74) is 1.51. The molecule has 5 nitrogen and oxygen atoms in total. The van der Waals surface area contributed by atoms with E-state index in [0.29, 0.717) is 22.1 Å². The van der Waals surface area contributed by atoms with Crippen molar-refractivity contribution in [1.29, 1.82) is 0 Å². The molecule has 6 heteroatoms. The van der Waals surface area contributed by atoms with Crippen molar-refractivity contribution in [2.75, 3.05) is 10.6 Å². The zero-order chi connectivity index (χ0) is 16.3. The van der Waals surface area contributed by atoms with Gasteiger partial charge in [-0.25, -0.2) is 0 Å². The number of pyridine rings is 1. The first-order valence-corrected chi connectivity index (χ1v) is 7.32. The Morgan fingerprint density at radius 3 is 2.59 bits per heavy atom. The van der Waals surface area contributed by atoms with Crippen LogP contribution in [0.2, 0.25) is 5.02 Å². The average Bonchev–Trinajstić information content (AvgIpc) is 2.42. The van der Waals surface area contributed by atoms with Crippen LogP contribution in [0, 0.1) is 6.92 Å². The number of anilines is 2. The molecule has 116 valence electrons. The predicted octanol–water partition coefficient (Wildman–Crippen LogP) is 3.41. The van der Waals surface area contributed by atoms with Crippen molar-refractivity contribution in [1.82, 2.24) is 4.98 Å². The molecule has 0 radical (unpaired) electrons. The fourth-order valence-electron chi connectivity index (χ4n) is 2.00. The highest BCUT2D eigenvalue weighted by Gasteiger charge is 2.14. The molecule has 1 aromatic carbocycles. The topological polar surface area (TPSA) is 74.0 Å². The molecule has 0 aliphatic rings. The molecule has 0 saturated carbocycles. The minimum atomic E-state index is -0.477. The summed E-state index contributed by atoms with van der Waals surface area (Å²) in [7, 11) is 0. The molecule has 1 heterocycles. The zero-order valence-corrected chi connectivity index (χ0v) is 13.4. The number of H-pyrrole nitrogens is 1. The fourth-order valence-corrected chi connectivity index (χ4v) is 2.23. The number of hydrogen-bond donors (Lipinski definition) is 3. The van der Waals surface area contributed by atoms with Crippen molar-refractivity contribution < 1.29 is 4.79 Å². The molecule has 3 N–H and O–H groups in total. The normalized spacial score (nSPS) is 10.6. The van der Waals surface area contributed by atoms with E-state index >= 15 is 0 Å². The van der Waals surface area contributed by atoms with Crippen LogP contribution in [0.4, 0.5) is 11.4 Å². The molecule has 2 aromatic rings. The van der Waals surface area contributed by atoms with Crippen molar-refractivity contribution in [3.63, 3.8) is 0 Å². The maximum atomic E-state index is 12.3. The third-order valence-corrected chi connectivity index (χ3v) is 3.31. The summed E-state index contributed by atoms with van der Waals surface area (Å²) in [5, 5.41) is 6.42. The van der Waals surface area contributed by atoms with Gasteiger partial charge in [0.25, 0.3) is 11.5 Å². The van der Waals surface area contributed by atoms with E-state index in [-0.39, 0.29) is 11.6 Å². The van der Waals surface area contributed by atoms with Crippen molar-refractivity contribution in [2.45, 2.75) is 26.8 Å². The number of rotatable bonds is 4. The largest absolute Gasteiger partial charge is 0.380 e. The Morgan fingerprint density at radius 1 is 1.23 bits per heavy atom. The van der Waals surface area contributed by atoms with Gasteiger partial charge in [-0.3, -0.25) is 9.59 Å². The Bertz CT molecular complexity index is 753. The summed E-state index contributed by atoms with van der Waals surface area (Å²) in [6, 6.07) is 8.55. The number of para-hydroxylation sites is 1. The van der Waals surface area contributed by atoms with E-state index in [1.807, 2.05) is 13.8 Å². The lowest BCUT2D eigenvalue weighted by Gasteiger charge is -2.17. The summed E-state index contributed by atoms with van der Waals surface area (Å²) in [4.78, 5) is 26.7. The van der Waals surface area contributed by atoms with Gasteiger partial charge in [0, 0.05) is 11.7 Å². The van der Waals surface area contributed by atoms with Crippen molar-refractivity contribution >= 4 is 28.9 Å². The van der Waals surface area contributed by atoms with Gasteiger partial charge < -0.3 is 15.6 Å². The van der Waals surface area contributed by atoms with E-state index in [1.165, 1.54) is 6.07 Å². The number of amides is 1. The lowest BCUT2D eigenvalue weighted by Crippen LogP contribution is -2.24. The third kappa shape index (κ3) is 3.68. The van der Waals surface area contributed by atoms with E-state index in [1.54, 1.807) is 31.2 Å². The number of carbonyl (C=O) groups is 1. The van der Waals surface area contributed by atoms with Gasteiger partial charge in [0.2, 0.25) is 0 Å². The predicted molar refractivity (Wildman–Crippen MR) is 90.0 cm³/mol. The number of benzene rings is 1. The molecular weight excluding hydrogens is 302 g/mol. The molecular formula is C16H18ClN3O2. The highest BCUT2D eigenvalue weighted by Crippen LogP contribution is 2.31. The van der Waals surface area contributed by atoms with Crippen LogP contribution in [0.25, 0.3) is 0 Å². The molecule has 1 amide bonds. The van der Waals surface area contributed by atoms with E-state index in [0.717, 1.165) is 0 Å². The van der Waals surface area contributed by atoms with Crippen molar-refractivity contribution in [3.05, 3.63) is 57.0 Å². The van der Waals surface area contributed by atoms with Gasteiger partial charge in [0.05, 0.1) is 16.4 Å². The molecule has 0 saturated heterocycles. The number of nitrogens with one attached hydrogen (secondary N) is 3. The highest BCUT2D eigenvalue weighted by molar-refractivity contribution is 6.34. The van der Waals surface area contributed by atoms with E-state index < -0.39 is 11.5 Å². The van der Waals surface area contributed by atoms with Gasteiger partial charge in [-0.2, -0.15) is 0 Å². The van der Waals surface area contributed by atoms with Gasteiger partial charge in [0.1, 0.15) is 5.56 Å². The first-order chi connectivity index (χ1) is 10.4. The standard InChI is InChI=1S/C16H18ClN3O2/c1-9(2)18-14-12(17)5-4-6-13(14)20-16(22)11-8-7-10(3)19-15(11)21/h4-9,18H,1-3H3,(H,19,21)(H,20,22). The minimum Gasteiger partial charge on any atom is -0.380 e. The molecule has 0 spiro atoms. The Balaban J connectivity index is 2.32. The van der Waals surface area contributed by atoms with Crippen LogP contribution >= 0.6 is 11.6 Å². The second-order valence-electron chi connectivity index (χ2n) is 5.30. The Labute approximate surface area is 133 Å². The second-order valence-corrected chi connectivity index (χ2v) is 5.71. The molecule has 2 rings (SSSR count). The van der Waals surface area contributed by atoms with Crippen LogP contribution in [0.15, 0.2) is 35.1 Å². The Morgan fingerprint density at radius 2 is 1.95 bits per heavy atom.